The van der Waals surface area contributed by atoms with Crippen LogP contribution in [0, 0.1) is 5.92 Å². The average molecular weight is 207 g/mol. The molecule has 1 aromatic heterocycles. The van der Waals surface area contributed by atoms with Crippen LogP contribution in [0.5, 0.6) is 0 Å². The van der Waals surface area contributed by atoms with Crippen LogP contribution in [0.4, 0.5) is 0 Å². The van der Waals surface area contributed by atoms with Crippen LogP contribution in [0.1, 0.15) is 51.8 Å². The van der Waals surface area contributed by atoms with Crippen LogP contribution in [0.15, 0.2) is 6.33 Å². The van der Waals surface area contributed by atoms with E-state index in [1.54, 1.807) is 0 Å². The lowest BCUT2D eigenvalue weighted by Gasteiger charge is -2.29. The zero-order valence-electron chi connectivity index (χ0n) is 10.0. The Morgan fingerprint density at radius 2 is 2.07 bits per heavy atom. The van der Waals surface area contributed by atoms with Crippen molar-refractivity contribution in [1.29, 1.82) is 0 Å². The van der Waals surface area contributed by atoms with Crippen molar-refractivity contribution in [3.63, 3.8) is 0 Å². The molecule has 2 rings (SSSR count). The Hall–Kier alpha value is -0.860. The lowest BCUT2D eigenvalue weighted by Crippen LogP contribution is -2.28. The molecule has 0 radical (unpaired) electrons. The summed E-state index contributed by atoms with van der Waals surface area (Å²) >= 11 is 0. The summed E-state index contributed by atoms with van der Waals surface area (Å²) in [5.41, 5.74) is 0.319. The van der Waals surface area contributed by atoms with Crippen molar-refractivity contribution in [1.82, 2.24) is 14.8 Å². The largest absolute Gasteiger partial charge is 0.320 e. The van der Waals surface area contributed by atoms with Gasteiger partial charge in [-0.3, -0.25) is 0 Å². The summed E-state index contributed by atoms with van der Waals surface area (Å²) < 4.78 is 2.10. The topological polar surface area (TPSA) is 30.7 Å². The second kappa shape index (κ2) is 3.95. The normalized spacial score (nSPS) is 20.0. The fourth-order valence-electron chi connectivity index (χ4n) is 3.12. The first-order valence-electron chi connectivity index (χ1n) is 5.98. The number of aryl methyl sites for hydroxylation is 1. The van der Waals surface area contributed by atoms with E-state index in [-0.39, 0.29) is 0 Å². The summed E-state index contributed by atoms with van der Waals surface area (Å²) in [6.45, 7) is 4.60. The molecule has 3 nitrogen and oxygen atoms in total. The van der Waals surface area contributed by atoms with E-state index in [1.807, 2.05) is 6.33 Å². The number of rotatable bonds is 3. The smallest absolute Gasteiger partial charge is 0.138 e. The van der Waals surface area contributed by atoms with Crippen LogP contribution in [-0.2, 0) is 12.5 Å². The lowest BCUT2D eigenvalue weighted by molar-refractivity contribution is 0.320. The van der Waals surface area contributed by atoms with Crippen LogP contribution in [0.25, 0.3) is 0 Å². The highest BCUT2D eigenvalue weighted by Gasteiger charge is 2.39. The highest BCUT2D eigenvalue weighted by molar-refractivity contribution is 5.10. The van der Waals surface area contributed by atoms with Gasteiger partial charge in [-0.2, -0.15) is 0 Å². The van der Waals surface area contributed by atoms with Gasteiger partial charge in [-0.1, -0.05) is 26.7 Å². The Labute approximate surface area is 91.9 Å². The van der Waals surface area contributed by atoms with Crippen molar-refractivity contribution >= 4 is 0 Å². The van der Waals surface area contributed by atoms with Crippen LogP contribution < -0.4 is 0 Å². The predicted octanol–water partition coefficient (Wildman–Crippen LogP) is 2.67. The molecule has 0 spiro atoms. The molecule has 1 aromatic rings. The van der Waals surface area contributed by atoms with Gasteiger partial charge in [0, 0.05) is 12.5 Å². The number of aromatic nitrogens is 3. The molecule has 1 aliphatic carbocycles. The molecule has 0 bridgehead atoms. The summed E-state index contributed by atoms with van der Waals surface area (Å²) in [6, 6.07) is 0. The maximum atomic E-state index is 4.34. The SMILES string of the molecule is CC(C)CC1(c2nncn2C)CCCC1. The molecule has 0 aliphatic heterocycles. The quantitative estimate of drug-likeness (QED) is 0.763. The summed E-state index contributed by atoms with van der Waals surface area (Å²) in [4.78, 5) is 0. The summed E-state index contributed by atoms with van der Waals surface area (Å²) in [5, 5.41) is 8.37. The van der Waals surface area contributed by atoms with Crippen LogP contribution in [0.3, 0.4) is 0 Å². The lowest BCUT2D eigenvalue weighted by atomic mass is 9.78. The molecule has 0 saturated heterocycles. The molecule has 0 N–H and O–H groups in total. The monoisotopic (exact) mass is 207 g/mol. The summed E-state index contributed by atoms with van der Waals surface area (Å²) in [6.07, 6.45) is 8.35. The Morgan fingerprint density at radius 1 is 1.40 bits per heavy atom. The molecule has 0 unspecified atom stereocenters. The summed E-state index contributed by atoms with van der Waals surface area (Å²) in [7, 11) is 2.07. The van der Waals surface area contributed by atoms with E-state index in [4.69, 9.17) is 0 Å². The zero-order chi connectivity index (χ0) is 10.9. The number of nitrogens with zero attached hydrogens (tertiary/aromatic N) is 3. The van der Waals surface area contributed by atoms with E-state index < -0.39 is 0 Å². The van der Waals surface area contributed by atoms with Crippen molar-refractivity contribution in [3.05, 3.63) is 12.2 Å². The number of hydrogen-bond acceptors (Lipinski definition) is 2. The van der Waals surface area contributed by atoms with Crippen molar-refractivity contribution in [2.75, 3.05) is 0 Å². The first-order valence-corrected chi connectivity index (χ1v) is 5.98. The van der Waals surface area contributed by atoms with Gasteiger partial charge in [0.2, 0.25) is 0 Å². The molecule has 84 valence electrons. The third kappa shape index (κ3) is 1.92. The molecule has 1 heterocycles. The van der Waals surface area contributed by atoms with Gasteiger partial charge in [-0.15, -0.1) is 10.2 Å². The van der Waals surface area contributed by atoms with Crippen molar-refractivity contribution in [2.24, 2.45) is 13.0 Å². The average Bonchev–Trinajstić information content (AvgIpc) is 2.73. The van der Waals surface area contributed by atoms with Gasteiger partial charge in [0.15, 0.2) is 0 Å². The Morgan fingerprint density at radius 3 is 2.53 bits per heavy atom. The molecule has 1 saturated carbocycles. The van der Waals surface area contributed by atoms with Crippen LogP contribution in [0.2, 0.25) is 0 Å². The highest BCUT2D eigenvalue weighted by atomic mass is 15.3. The first kappa shape index (κ1) is 10.7. The minimum Gasteiger partial charge on any atom is -0.320 e. The van der Waals surface area contributed by atoms with Crippen LogP contribution in [-0.4, -0.2) is 14.8 Å². The molecule has 15 heavy (non-hydrogen) atoms. The highest BCUT2D eigenvalue weighted by Crippen LogP contribution is 2.44. The third-order valence-corrected chi connectivity index (χ3v) is 3.55. The van der Waals surface area contributed by atoms with Gasteiger partial charge in [0.05, 0.1) is 0 Å². The van der Waals surface area contributed by atoms with Gasteiger partial charge >= 0.3 is 0 Å². The molecule has 1 aliphatic rings. The Balaban J connectivity index is 2.30. The predicted molar refractivity (Wildman–Crippen MR) is 60.6 cm³/mol. The molecule has 0 amide bonds. The van der Waals surface area contributed by atoms with E-state index in [0.29, 0.717) is 5.41 Å². The van der Waals surface area contributed by atoms with E-state index in [0.717, 1.165) is 5.92 Å². The van der Waals surface area contributed by atoms with Gasteiger partial charge < -0.3 is 4.57 Å². The maximum Gasteiger partial charge on any atom is 0.138 e. The van der Waals surface area contributed by atoms with E-state index in [9.17, 15) is 0 Å². The summed E-state index contributed by atoms with van der Waals surface area (Å²) in [5.74, 6) is 1.94. The van der Waals surface area contributed by atoms with E-state index >= 15 is 0 Å². The Bertz CT molecular complexity index is 321. The molecular formula is C12H21N3. The first-order chi connectivity index (χ1) is 7.14. The van der Waals surface area contributed by atoms with Crippen molar-refractivity contribution < 1.29 is 0 Å². The molecule has 0 atom stereocenters. The fraction of sp³-hybridized carbons (Fsp3) is 0.833. The second-order valence-corrected chi connectivity index (χ2v) is 5.35. The maximum absolute atomic E-state index is 4.34. The minimum absolute atomic E-state index is 0.319. The van der Waals surface area contributed by atoms with Gasteiger partial charge in [-0.05, 0) is 25.2 Å². The second-order valence-electron chi connectivity index (χ2n) is 5.35. The molecule has 0 aromatic carbocycles. The standard InChI is InChI=1S/C12H21N3/c1-10(2)8-12(6-4-5-7-12)11-14-13-9-15(11)3/h9-10H,4-8H2,1-3H3. The van der Waals surface area contributed by atoms with E-state index in [2.05, 4.69) is 35.7 Å². The molecule has 1 fully saturated rings. The van der Waals surface area contributed by atoms with Crippen LogP contribution >= 0.6 is 0 Å². The molecule has 3 heteroatoms. The van der Waals surface area contributed by atoms with Gasteiger partial charge in [0.25, 0.3) is 0 Å². The number of hydrogen-bond donors (Lipinski definition) is 0. The van der Waals surface area contributed by atoms with Crippen molar-refractivity contribution in [2.45, 2.75) is 51.4 Å². The minimum atomic E-state index is 0.319. The molecular weight excluding hydrogens is 186 g/mol. The Kier molecular flexibility index (Phi) is 2.81. The van der Waals surface area contributed by atoms with Crippen molar-refractivity contribution in [3.8, 4) is 0 Å². The fourth-order valence-corrected chi connectivity index (χ4v) is 3.12. The van der Waals surface area contributed by atoms with Gasteiger partial charge in [-0.25, -0.2) is 0 Å². The zero-order valence-corrected chi connectivity index (χ0v) is 10.0. The third-order valence-electron chi connectivity index (χ3n) is 3.55. The van der Waals surface area contributed by atoms with Gasteiger partial charge in [0.1, 0.15) is 12.2 Å². The van der Waals surface area contributed by atoms with E-state index in [1.165, 1.54) is 37.9 Å².